The minimum Gasteiger partial charge on any atom is -0.505 e. The molecule has 1 unspecified atom stereocenters. The highest BCUT2D eigenvalue weighted by atomic mass is 16.5. The van der Waals surface area contributed by atoms with E-state index in [1.165, 1.54) is 33.5 Å². The molecule has 0 bridgehead atoms. The molecule has 1 aliphatic rings. The van der Waals surface area contributed by atoms with Crippen molar-refractivity contribution in [1.29, 1.82) is 0 Å². The molecule has 0 heterocycles. The number of aliphatic hydroxyl groups is 2. The van der Waals surface area contributed by atoms with Gasteiger partial charge in [-0.2, -0.15) is 0 Å². The summed E-state index contributed by atoms with van der Waals surface area (Å²) in [5.74, 6) is -0.650. The van der Waals surface area contributed by atoms with Gasteiger partial charge in [-0.3, -0.25) is 14.6 Å². The third-order valence-corrected chi connectivity index (χ3v) is 9.71. The van der Waals surface area contributed by atoms with E-state index in [1.807, 2.05) is 19.9 Å². The summed E-state index contributed by atoms with van der Waals surface area (Å²) in [6.07, 6.45) is 3.07. The van der Waals surface area contributed by atoms with E-state index >= 15 is 0 Å². The number of nitrogens with zero attached hydrogens (tertiary/aromatic N) is 1. The standard InChI is InChI=1S/C39H44N2O11/c1-19-16-21-27-32-28(37(46)36(21)41-9-7-13-52-15-11-43)22(44)17-24(48-3)30(32)31-25(49-4)18-23(45)29-34(31)33(27)35(39(50-5)38(29)47)26(19)20(2)40-8-6-12-51-14-10-42/h16-18,26,41-43,46-47H,6-15H2,1-5H3. The average molecular weight is 717 g/mol. The third kappa shape index (κ3) is 5.97. The van der Waals surface area contributed by atoms with E-state index in [1.54, 1.807) is 0 Å². The predicted molar refractivity (Wildman–Crippen MR) is 202 cm³/mol. The topological polar surface area (TPSA) is 186 Å². The van der Waals surface area contributed by atoms with Crippen molar-refractivity contribution < 1.29 is 44.1 Å². The Bertz CT molecular complexity index is 2320. The number of nitrogens with one attached hydrogen (secondary N) is 1. The minimum atomic E-state index is -0.573. The third-order valence-electron chi connectivity index (χ3n) is 9.71. The van der Waals surface area contributed by atoms with Crippen LogP contribution in [0.5, 0.6) is 28.7 Å². The van der Waals surface area contributed by atoms with Crippen LogP contribution in [-0.4, -0.2) is 100 Å². The van der Waals surface area contributed by atoms with E-state index in [2.05, 4.69) is 5.32 Å². The molecule has 5 aromatic carbocycles. The molecule has 6 rings (SSSR count). The number of anilines is 1. The number of rotatable bonds is 17. The van der Waals surface area contributed by atoms with E-state index in [0.29, 0.717) is 94.0 Å². The summed E-state index contributed by atoms with van der Waals surface area (Å²) < 4.78 is 28.5. The Morgan fingerprint density at radius 1 is 0.750 bits per heavy atom. The number of hydrogen-bond acceptors (Lipinski definition) is 13. The first-order valence-corrected chi connectivity index (χ1v) is 17.2. The van der Waals surface area contributed by atoms with Gasteiger partial charge in [0.2, 0.25) is 0 Å². The van der Waals surface area contributed by atoms with Crippen LogP contribution in [0.2, 0.25) is 0 Å². The van der Waals surface area contributed by atoms with Crippen molar-refractivity contribution in [2.75, 3.05) is 79.4 Å². The van der Waals surface area contributed by atoms with Gasteiger partial charge in [-0.05, 0) is 32.1 Å². The average Bonchev–Trinajstić information content (AvgIpc) is 3.26. The Morgan fingerprint density at radius 2 is 1.33 bits per heavy atom. The second-order valence-electron chi connectivity index (χ2n) is 12.7. The van der Waals surface area contributed by atoms with Crippen LogP contribution in [0.3, 0.4) is 0 Å². The SMILES string of the molecule is COc1c(O)c2c(=O)cc(OC)c3c4c(OC)cc(=O)c5c(O)c(NCCCOCCO)c6c(c(c1C(C(C)=NCCCOCCO)C(C)=C6)c23)c54. The van der Waals surface area contributed by atoms with Crippen LogP contribution < -0.4 is 30.4 Å². The van der Waals surface area contributed by atoms with Crippen LogP contribution in [0, 0.1) is 0 Å². The van der Waals surface area contributed by atoms with Crippen LogP contribution in [0.25, 0.3) is 49.2 Å². The molecule has 0 aromatic heterocycles. The van der Waals surface area contributed by atoms with E-state index in [9.17, 15) is 19.8 Å². The monoisotopic (exact) mass is 716 g/mol. The molecule has 52 heavy (non-hydrogen) atoms. The number of methoxy groups -OCH3 is 3. The van der Waals surface area contributed by atoms with Crippen molar-refractivity contribution in [3.63, 3.8) is 0 Å². The van der Waals surface area contributed by atoms with E-state index in [4.69, 9.17) is 38.9 Å². The second kappa shape index (κ2) is 15.3. The molecule has 0 spiro atoms. The van der Waals surface area contributed by atoms with E-state index in [0.717, 1.165) is 5.57 Å². The number of allylic oxidation sites excluding steroid dienone is 1. The van der Waals surface area contributed by atoms with Crippen LogP contribution in [0.15, 0.2) is 32.3 Å². The molecule has 0 saturated carbocycles. The fourth-order valence-electron chi connectivity index (χ4n) is 7.70. The molecule has 276 valence electrons. The van der Waals surface area contributed by atoms with E-state index in [-0.39, 0.29) is 65.9 Å². The van der Waals surface area contributed by atoms with Gasteiger partial charge in [-0.15, -0.1) is 0 Å². The zero-order valence-electron chi connectivity index (χ0n) is 30.0. The van der Waals surface area contributed by atoms with Gasteiger partial charge in [0.1, 0.15) is 11.5 Å². The van der Waals surface area contributed by atoms with Crippen molar-refractivity contribution in [2.45, 2.75) is 32.6 Å². The first kappa shape index (κ1) is 36.8. The Morgan fingerprint density at radius 3 is 1.90 bits per heavy atom. The van der Waals surface area contributed by atoms with Crippen LogP contribution in [0.4, 0.5) is 5.69 Å². The lowest BCUT2D eigenvalue weighted by atomic mass is 9.80. The zero-order chi connectivity index (χ0) is 37.3. The van der Waals surface area contributed by atoms with Gasteiger partial charge >= 0.3 is 0 Å². The number of phenols is 2. The molecule has 0 aliphatic heterocycles. The zero-order valence-corrected chi connectivity index (χ0v) is 30.0. The molecular formula is C39H44N2O11. The van der Waals surface area contributed by atoms with Crippen molar-refractivity contribution in [2.24, 2.45) is 4.99 Å². The van der Waals surface area contributed by atoms with Crippen molar-refractivity contribution in [3.8, 4) is 28.7 Å². The van der Waals surface area contributed by atoms with Gasteiger partial charge in [0.05, 0.1) is 64.2 Å². The number of aromatic hydroxyl groups is 2. The summed E-state index contributed by atoms with van der Waals surface area (Å²) in [4.78, 5) is 32.9. The number of ether oxygens (including phenoxy) is 5. The summed E-state index contributed by atoms with van der Waals surface area (Å²) in [6.45, 7) is 5.64. The van der Waals surface area contributed by atoms with Gasteiger partial charge in [0.25, 0.3) is 0 Å². The molecule has 0 amide bonds. The Labute approximate surface area is 299 Å². The second-order valence-corrected chi connectivity index (χ2v) is 12.7. The molecule has 5 aromatic rings. The number of aliphatic hydroxyl groups excluding tert-OH is 2. The number of aliphatic imine (C=N–C) groups is 1. The largest absolute Gasteiger partial charge is 0.505 e. The highest BCUT2D eigenvalue weighted by molar-refractivity contribution is 6.40. The first-order chi connectivity index (χ1) is 25.2. The molecule has 0 saturated heterocycles. The van der Waals surface area contributed by atoms with Gasteiger partial charge in [0, 0.05) is 88.1 Å². The van der Waals surface area contributed by atoms with Gasteiger partial charge in [0.15, 0.2) is 28.1 Å². The summed E-state index contributed by atoms with van der Waals surface area (Å²) in [7, 11) is 4.31. The summed E-state index contributed by atoms with van der Waals surface area (Å²) >= 11 is 0. The fourth-order valence-corrected chi connectivity index (χ4v) is 7.70. The highest BCUT2D eigenvalue weighted by Gasteiger charge is 2.36. The fraction of sp³-hybridized carbons (Fsp3) is 0.410. The molecule has 13 heteroatoms. The smallest absolute Gasteiger partial charge is 0.194 e. The number of hydrogen-bond donors (Lipinski definition) is 5. The first-order valence-electron chi connectivity index (χ1n) is 17.2. The Kier molecular flexibility index (Phi) is 10.9. The van der Waals surface area contributed by atoms with Gasteiger partial charge in [-0.1, -0.05) is 11.6 Å². The normalized spacial score (nSPS) is 14.6. The van der Waals surface area contributed by atoms with Gasteiger partial charge in [-0.25, -0.2) is 0 Å². The molecule has 1 atom stereocenters. The van der Waals surface area contributed by atoms with Crippen LogP contribution in [0.1, 0.15) is 43.7 Å². The number of benzene rings is 5. The quantitative estimate of drug-likeness (QED) is 0.0299. The molecular weight excluding hydrogens is 672 g/mol. The van der Waals surface area contributed by atoms with Crippen molar-refractivity contribution >= 4 is 60.6 Å². The maximum absolute atomic E-state index is 14.0. The Balaban J connectivity index is 1.80. The summed E-state index contributed by atoms with van der Waals surface area (Å²) in [5, 5.41) is 48.4. The lowest BCUT2D eigenvalue weighted by molar-refractivity contribution is 0.0918. The minimum absolute atomic E-state index is 0.0157. The van der Waals surface area contributed by atoms with E-state index < -0.39 is 16.8 Å². The lowest BCUT2D eigenvalue weighted by Gasteiger charge is -2.26. The number of fused-ring (bicyclic) bond motifs is 1. The van der Waals surface area contributed by atoms with Crippen molar-refractivity contribution in [1.82, 2.24) is 0 Å². The van der Waals surface area contributed by atoms with Crippen molar-refractivity contribution in [3.05, 3.63) is 49.3 Å². The summed E-state index contributed by atoms with van der Waals surface area (Å²) in [5.41, 5.74) is 1.95. The molecule has 0 radical (unpaired) electrons. The maximum Gasteiger partial charge on any atom is 0.194 e. The van der Waals surface area contributed by atoms with Crippen LogP contribution in [-0.2, 0) is 9.47 Å². The maximum atomic E-state index is 14.0. The Hall–Kier alpha value is -4.95. The molecule has 0 fully saturated rings. The van der Waals surface area contributed by atoms with Crippen LogP contribution >= 0.6 is 0 Å². The summed E-state index contributed by atoms with van der Waals surface area (Å²) in [6, 6.07) is 2.60. The lowest BCUT2D eigenvalue weighted by Crippen LogP contribution is -2.15. The molecule has 13 nitrogen and oxygen atoms in total. The number of phenolic OH excluding ortho intramolecular Hbond substituents is 2. The predicted octanol–water partition coefficient (Wildman–Crippen LogP) is 4.50. The highest BCUT2D eigenvalue weighted by Crippen LogP contribution is 2.58. The molecule has 1 aliphatic carbocycles. The van der Waals surface area contributed by atoms with Gasteiger partial charge < -0.3 is 49.4 Å². The molecule has 5 N–H and O–H groups in total.